The average molecular weight is 436 g/mol. The topological polar surface area (TPSA) is 93.4 Å². The number of benzene rings is 2. The van der Waals surface area contributed by atoms with E-state index < -0.39 is 0 Å². The van der Waals surface area contributed by atoms with Gasteiger partial charge in [0.25, 0.3) is 0 Å². The maximum Gasteiger partial charge on any atom is 0.247 e. The minimum Gasteiger partial charge on any atom is -0.421 e. The van der Waals surface area contributed by atoms with E-state index in [-0.39, 0.29) is 12.3 Å². The van der Waals surface area contributed by atoms with Gasteiger partial charge in [0.15, 0.2) is 5.13 Å². The smallest absolute Gasteiger partial charge is 0.247 e. The molecule has 4 aromatic rings. The second-order valence-corrected chi connectivity index (χ2v) is 8.20. The summed E-state index contributed by atoms with van der Waals surface area (Å²) in [5.41, 5.74) is 2.55. The highest BCUT2D eigenvalue weighted by molar-refractivity contribution is 7.22. The number of carbonyl (C=O) groups is 1. The Hall–Kier alpha value is -3.30. The summed E-state index contributed by atoms with van der Waals surface area (Å²) in [5, 5.41) is 12.0. The third kappa shape index (κ3) is 4.57. The van der Waals surface area contributed by atoms with Crippen LogP contribution in [-0.4, -0.2) is 47.4 Å². The van der Waals surface area contributed by atoms with Gasteiger partial charge in [-0.05, 0) is 30.3 Å². The molecule has 31 heavy (non-hydrogen) atoms. The van der Waals surface area contributed by atoms with E-state index in [1.54, 1.807) is 11.3 Å². The van der Waals surface area contributed by atoms with Crippen LogP contribution in [0.1, 0.15) is 12.3 Å². The van der Waals surface area contributed by atoms with Gasteiger partial charge in [0.1, 0.15) is 0 Å². The van der Waals surface area contributed by atoms with E-state index in [1.165, 1.54) is 0 Å². The lowest BCUT2D eigenvalue weighted by Crippen LogP contribution is -2.36. The molecule has 1 saturated heterocycles. The molecule has 0 bridgehead atoms. The molecule has 0 radical (unpaired) electrons. The SMILES string of the molecule is O=C(CCc1nnc(-c2ccccc2)o1)Nc1ccc2nc(N3CCOCC3)sc2c1. The zero-order valence-corrected chi connectivity index (χ0v) is 17.6. The predicted molar refractivity (Wildman–Crippen MR) is 119 cm³/mol. The molecule has 158 valence electrons. The van der Waals surface area contributed by atoms with Gasteiger partial charge in [-0.2, -0.15) is 0 Å². The van der Waals surface area contributed by atoms with Crippen LogP contribution in [0.2, 0.25) is 0 Å². The first-order chi connectivity index (χ1) is 15.2. The van der Waals surface area contributed by atoms with Crippen LogP contribution in [0.4, 0.5) is 10.8 Å². The third-order valence-corrected chi connectivity index (χ3v) is 6.07. The van der Waals surface area contributed by atoms with Crippen LogP contribution in [0.5, 0.6) is 0 Å². The lowest BCUT2D eigenvalue weighted by Gasteiger charge is -2.25. The van der Waals surface area contributed by atoms with Gasteiger partial charge in [0.2, 0.25) is 17.7 Å². The Bertz CT molecular complexity index is 1180. The van der Waals surface area contributed by atoms with Crippen LogP contribution in [0.3, 0.4) is 0 Å². The minimum atomic E-state index is -0.100. The summed E-state index contributed by atoms with van der Waals surface area (Å²) in [6.07, 6.45) is 0.645. The number of thiazole rings is 1. The van der Waals surface area contributed by atoms with Crippen molar-refractivity contribution in [1.82, 2.24) is 15.2 Å². The standard InChI is InChI=1S/C22H21N5O3S/c28-19(8-9-20-25-26-21(30-20)15-4-2-1-3-5-15)23-16-6-7-17-18(14-16)31-22(24-17)27-10-12-29-13-11-27/h1-7,14H,8-13H2,(H,23,28). The van der Waals surface area contributed by atoms with Crippen LogP contribution < -0.4 is 10.2 Å². The van der Waals surface area contributed by atoms with Gasteiger partial charge in [-0.3, -0.25) is 4.79 Å². The maximum atomic E-state index is 12.4. The van der Waals surface area contributed by atoms with E-state index in [2.05, 4.69) is 20.4 Å². The Morgan fingerprint density at radius 3 is 2.77 bits per heavy atom. The molecule has 9 heteroatoms. The van der Waals surface area contributed by atoms with E-state index in [0.717, 1.165) is 52.9 Å². The highest BCUT2D eigenvalue weighted by Gasteiger charge is 2.16. The molecule has 8 nitrogen and oxygen atoms in total. The number of nitrogens with one attached hydrogen (secondary N) is 1. The Labute approximate surface area is 182 Å². The molecule has 0 spiro atoms. The number of hydrogen-bond donors (Lipinski definition) is 1. The fraction of sp³-hybridized carbons (Fsp3) is 0.273. The van der Waals surface area contributed by atoms with Crippen molar-refractivity contribution in [2.75, 3.05) is 36.5 Å². The number of aryl methyl sites for hydroxylation is 1. The quantitative estimate of drug-likeness (QED) is 0.493. The van der Waals surface area contributed by atoms with E-state index in [4.69, 9.17) is 14.1 Å². The van der Waals surface area contributed by atoms with Gasteiger partial charge in [-0.15, -0.1) is 10.2 Å². The highest BCUT2D eigenvalue weighted by Crippen LogP contribution is 2.31. The monoisotopic (exact) mass is 435 g/mol. The molecule has 1 aliphatic rings. The fourth-order valence-corrected chi connectivity index (χ4v) is 4.43. The summed E-state index contributed by atoms with van der Waals surface area (Å²) in [6, 6.07) is 15.4. The molecule has 1 aliphatic heterocycles. The largest absolute Gasteiger partial charge is 0.421 e. The Morgan fingerprint density at radius 2 is 1.94 bits per heavy atom. The number of amides is 1. The summed E-state index contributed by atoms with van der Waals surface area (Å²) in [7, 11) is 0. The van der Waals surface area contributed by atoms with Crippen molar-refractivity contribution >= 4 is 38.3 Å². The number of aromatic nitrogens is 3. The van der Waals surface area contributed by atoms with Crippen LogP contribution in [-0.2, 0) is 16.0 Å². The number of carbonyl (C=O) groups excluding carboxylic acids is 1. The summed E-state index contributed by atoms with van der Waals surface area (Å²) in [6.45, 7) is 3.16. The van der Waals surface area contributed by atoms with Crippen molar-refractivity contribution in [3.63, 3.8) is 0 Å². The van der Waals surface area contributed by atoms with Gasteiger partial charge in [0, 0.05) is 37.2 Å². The Kier molecular flexibility index (Phi) is 5.59. The first-order valence-corrected chi connectivity index (χ1v) is 11.0. The lowest BCUT2D eigenvalue weighted by molar-refractivity contribution is -0.116. The number of nitrogens with zero attached hydrogens (tertiary/aromatic N) is 4. The van der Waals surface area contributed by atoms with Crippen molar-refractivity contribution in [2.24, 2.45) is 0 Å². The number of rotatable bonds is 6. The van der Waals surface area contributed by atoms with Crippen molar-refractivity contribution in [2.45, 2.75) is 12.8 Å². The minimum absolute atomic E-state index is 0.100. The summed E-state index contributed by atoms with van der Waals surface area (Å²) in [4.78, 5) is 19.4. The van der Waals surface area contributed by atoms with Gasteiger partial charge in [-0.1, -0.05) is 29.5 Å². The molecule has 2 aromatic carbocycles. The molecule has 0 aliphatic carbocycles. The molecule has 2 aromatic heterocycles. The van der Waals surface area contributed by atoms with Crippen molar-refractivity contribution in [3.05, 3.63) is 54.4 Å². The molecule has 3 heterocycles. The Balaban J connectivity index is 1.20. The molecule has 1 N–H and O–H groups in total. The van der Waals surface area contributed by atoms with Crippen LogP contribution in [0, 0.1) is 0 Å². The number of anilines is 2. The highest BCUT2D eigenvalue weighted by atomic mass is 32.1. The van der Waals surface area contributed by atoms with Crippen LogP contribution >= 0.6 is 11.3 Å². The second kappa shape index (κ2) is 8.83. The van der Waals surface area contributed by atoms with Crippen molar-refractivity contribution in [1.29, 1.82) is 0 Å². The molecular formula is C22H21N5O3S. The first-order valence-electron chi connectivity index (χ1n) is 10.2. The summed E-state index contributed by atoms with van der Waals surface area (Å²) >= 11 is 1.63. The molecule has 1 amide bonds. The molecular weight excluding hydrogens is 414 g/mol. The van der Waals surface area contributed by atoms with E-state index >= 15 is 0 Å². The number of ether oxygens (including phenoxy) is 1. The third-order valence-electron chi connectivity index (χ3n) is 5.00. The Morgan fingerprint density at radius 1 is 1.10 bits per heavy atom. The number of morpholine rings is 1. The fourth-order valence-electron chi connectivity index (χ4n) is 3.38. The first kappa shape index (κ1) is 19.7. The predicted octanol–water partition coefficient (Wildman–Crippen LogP) is 3.75. The van der Waals surface area contributed by atoms with Crippen LogP contribution in [0.25, 0.3) is 21.7 Å². The summed E-state index contributed by atoms with van der Waals surface area (Å²) < 4.78 is 12.1. The second-order valence-electron chi connectivity index (χ2n) is 7.19. The molecule has 0 unspecified atom stereocenters. The van der Waals surface area contributed by atoms with Gasteiger partial charge < -0.3 is 19.4 Å². The van der Waals surface area contributed by atoms with Crippen LogP contribution in [0.15, 0.2) is 52.9 Å². The van der Waals surface area contributed by atoms with E-state index in [0.29, 0.717) is 18.2 Å². The van der Waals surface area contributed by atoms with E-state index in [1.807, 2.05) is 48.5 Å². The van der Waals surface area contributed by atoms with Crippen molar-refractivity contribution < 1.29 is 13.9 Å². The van der Waals surface area contributed by atoms with Crippen molar-refractivity contribution in [3.8, 4) is 11.5 Å². The lowest BCUT2D eigenvalue weighted by atomic mass is 10.2. The van der Waals surface area contributed by atoms with Gasteiger partial charge in [0.05, 0.1) is 23.4 Å². The zero-order valence-electron chi connectivity index (χ0n) is 16.8. The number of hydrogen-bond acceptors (Lipinski definition) is 8. The maximum absolute atomic E-state index is 12.4. The molecule has 5 rings (SSSR count). The molecule has 0 saturated carbocycles. The van der Waals surface area contributed by atoms with Gasteiger partial charge in [-0.25, -0.2) is 4.98 Å². The molecule has 1 fully saturated rings. The van der Waals surface area contributed by atoms with E-state index in [9.17, 15) is 4.79 Å². The van der Waals surface area contributed by atoms with Gasteiger partial charge >= 0.3 is 0 Å². The normalized spacial score (nSPS) is 14.1. The number of fused-ring (bicyclic) bond motifs is 1. The summed E-state index contributed by atoms with van der Waals surface area (Å²) in [5.74, 6) is 0.807. The average Bonchev–Trinajstić information content (AvgIpc) is 3.46. The molecule has 0 atom stereocenters. The zero-order chi connectivity index (χ0) is 21.0.